The van der Waals surface area contributed by atoms with Crippen molar-refractivity contribution in [2.24, 2.45) is 5.92 Å². The van der Waals surface area contributed by atoms with Gasteiger partial charge < -0.3 is 9.32 Å². The second-order valence-corrected chi connectivity index (χ2v) is 8.18. The molecule has 144 valence electrons. The van der Waals surface area contributed by atoms with E-state index in [1.165, 1.54) is 4.80 Å². The Morgan fingerprint density at radius 1 is 1.25 bits per heavy atom. The fourth-order valence-corrected chi connectivity index (χ4v) is 4.85. The summed E-state index contributed by atoms with van der Waals surface area (Å²) in [5.41, 5.74) is 2.29. The van der Waals surface area contributed by atoms with E-state index in [2.05, 4.69) is 15.2 Å². The topological polar surface area (TPSA) is 77.1 Å². The van der Waals surface area contributed by atoms with Crippen LogP contribution in [0.1, 0.15) is 22.3 Å². The molecule has 4 heterocycles. The van der Waals surface area contributed by atoms with Crippen LogP contribution in [0.5, 0.6) is 0 Å². The van der Waals surface area contributed by atoms with Crippen LogP contribution in [0.15, 0.2) is 47.5 Å². The second kappa shape index (κ2) is 6.42. The number of aryl methyl sites for hydroxylation is 1. The zero-order valence-corrected chi connectivity index (χ0v) is 16.2. The molecule has 5 rings (SSSR count). The number of quaternary nitrogens is 1. The van der Waals surface area contributed by atoms with Crippen LogP contribution in [0.2, 0.25) is 0 Å². The summed E-state index contributed by atoms with van der Waals surface area (Å²) in [6, 6.07) is 6.29. The number of hydrogen-bond donors (Lipinski definition) is 0. The van der Waals surface area contributed by atoms with Gasteiger partial charge in [-0.25, -0.2) is 0 Å². The molecule has 2 aliphatic heterocycles. The number of nitrogens with zero attached hydrogens (tertiary/aromatic N) is 6. The van der Waals surface area contributed by atoms with Crippen LogP contribution in [0.3, 0.4) is 0 Å². The first-order chi connectivity index (χ1) is 13.5. The SMILES string of the molecule is Cc1ccc(-n2nccn2)c(C(=O)N2CC3CC(C2)[N+](Cl)(c2ncco2)C3)c1. The number of benzene rings is 1. The first-order valence-corrected chi connectivity index (χ1v) is 9.62. The molecular weight excluding hydrogens is 380 g/mol. The van der Waals surface area contributed by atoms with E-state index in [9.17, 15) is 4.79 Å². The molecule has 9 heteroatoms. The summed E-state index contributed by atoms with van der Waals surface area (Å²) in [4.78, 5) is 21.1. The van der Waals surface area contributed by atoms with Crippen LogP contribution in [-0.4, -0.2) is 56.5 Å². The minimum atomic E-state index is -0.0248. The smallest absolute Gasteiger partial charge is 0.402 e. The quantitative estimate of drug-likeness (QED) is 0.632. The van der Waals surface area contributed by atoms with Gasteiger partial charge in [-0.3, -0.25) is 4.79 Å². The summed E-state index contributed by atoms with van der Waals surface area (Å²) >= 11 is 6.91. The maximum atomic E-state index is 13.5. The Morgan fingerprint density at radius 2 is 2.07 bits per heavy atom. The molecule has 0 N–H and O–H groups in total. The molecule has 2 saturated heterocycles. The van der Waals surface area contributed by atoms with Crippen LogP contribution in [0.25, 0.3) is 5.69 Å². The van der Waals surface area contributed by atoms with Gasteiger partial charge in [0, 0.05) is 18.9 Å². The average molecular weight is 400 g/mol. The zero-order valence-electron chi connectivity index (χ0n) is 15.4. The Kier molecular flexibility index (Phi) is 3.99. The number of piperidine rings is 1. The molecule has 0 saturated carbocycles. The van der Waals surface area contributed by atoms with E-state index >= 15 is 0 Å². The normalized spacial score (nSPS) is 26.6. The van der Waals surface area contributed by atoms with Crippen molar-refractivity contribution >= 4 is 23.7 Å². The standard InChI is InChI=1S/C19H20ClN6O2/c1-13-2-3-17(25-22-4-5-23-25)16(8-13)18(27)24-10-14-9-15(11-24)26(20,12-14)19-21-6-7-28-19/h2-8,14-15H,9-12H2,1H3/q+1. The Hall–Kier alpha value is -2.71. The van der Waals surface area contributed by atoms with E-state index < -0.39 is 0 Å². The summed E-state index contributed by atoms with van der Waals surface area (Å²) in [6.07, 6.45) is 7.31. The monoisotopic (exact) mass is 399 g/mol. The fraction of sp³-hybridized carbons (Fsp3) is 0.368. The van der Waals surface area contributed by atoms with Crippen molar-refractivity contribution in [3.05, 3.63) is 54.2 Å². The molecular formula is C19H20ClN6O2+. The number of rotatable bonds is 3. The summed E-state index contributed by atoms with van der Waals surface area (Å²) in [6.45, 7) is 3.90. The predicted octanol–water partition coefficient (Wildman–Crippen LogP) is 2.57. The zero-order chi connectivity index (χ0) is 19.3. The number of oxazole rings is 1. The van der Waals surface area contributed by atoms with Gasteiger partial charge in [-0.15, -0.1) is 4.00 Å². The summed E-state index contributed by atoms with van der Waals surface area (Å²) < 4.78 is 5.63. The number of amides is 1. The number of halogens is 1. The summed E-state index contributed by atoms with van der Waals surface area (Å²) in [7, 11) is 0. The van der Waals surface area contributed by atoms with Gasteiger partial charge in [0.25, 0.3) is 5.91 Å². The van der Waals surface area contributed by atoms with Gasteiger partial charge in [0.15, 0.2) is 11.8 Å². The molecule has 0 aliphatic carbocycles. The Balaban J connectivity index is 1.46. The maximum Gasteiger partial charge on any atom is 0.422 e. The molecule has 2 aromatic heterocycles. The lowest BCUT2D eigenvalue weighted by molar-refractivity contribution is 0.0681. The number of hydrogen-bond acceptors (Lipinski definition) is 5. The van der Waals surface area contributed by atoms with Crippen LogP contribution in [0, 0.1) is 12.8 Å². The average Bonchev–Trinajstić information content (AvgIpc) is 3.43. The summed E-state index contributed by atoms with van der Waals surface area (Å²) in [5.74, 6) is 0.284. The van der Waals surface area contributed by atoms with E-state index in [-0.39, 0.29) is 16.0 Å². The number of fused-ring (bicyclic) bond motifs is 2. The highest BCUT2D eigenvalue weighted by Crippen LogP contribution is 2.42. The van der Waals surface area contributed by atoms with Crippen molar-refractivity contribution in [1.82, 2.24) is 28.9 Å². The van der Waals surface area contributed by atoms with Crippen molar-refractivity contribution in [2.45, 2.75) is 19.4 Å². The Bertz CT molecular complexity index is 1010. The highest BCUT2D eigenvalue weighted by atomic mass is 35.5. The molecule has 2 aliphatic rings. The maximum absolute atomic E-state index is 13.5. The van der Waals surface area contributed by atoms with Gasteiger partial charge in [-0.05, 0) is 19.1 Å². The van der Waals surface area contributed by atoms with Crippen molar-refractivity contribution < 1.29 is 9.21 Å². The molecule has 3 unspecified atom stereocenters. The van der Waals surface area contributed by atoms with E-state index in [4.69, 9.17) is 16.2 Å². The number of carbonyl (C=O) groups excluding carboxylic acids is 1. The lowest BCUT2D eigenvalue weighted by Gasteiger charge is -2.32. The minimum Gasteiger partial charge on any atom is -0.402 e. The molecule has 0 spiro atoms. The summed E-state index contributed by atoms with van der Waals surface area (Å²) in [5, 5.41) is 8.39. The van der Waals surface area contributed by atoms with Crippen LogP contribution in [0.4, 0.5) is 6.01 Å². The third-order valence-electron chi connectivity index (χ3n) is 5.66. The fourth-order valence-electron chi connectivity index (χ4n) is 4.43. The minimum absolute atomic E-state index is 0.0248. The molecule has 1 aromatic carbocycles. The molecule has 2 fully saturated rings. The second-order valence-electron chi connectivity index (χ2n) is 7.57. The van der Waals surface area contributed by atoms with Gasteiger partial charge >= 0.3 is 6.01 Å². The molecule has 2 bridgehead atoms. The van der Waals surface area contributed by atoms with Crippen molar-refractivity contribution in [2.75, 3.05) is 19.6 Å². The molecule has 3 atom stereocenters. The molecule has 28 heavy (non-hydrogen) atoms. The van der Waals surface area contributed by atoms with Crippen molar-refractivity contribution in [1.29, 1.82) is 0 Å². The van der Waals surface area contributed by atoms with E-state index in [1.807, 2.05) is 30.0 Å². The molecule has 1 amide bonds. The lowest BCUT2D eigenvalue weighted by Crippen LogP contribution is -2.50. The van der Waals surface area contributed by atoms with Gasteiger partial charge in [0.1, 0.15) is 18.8 Å². The van der Waals surface area contributed by atoms with Crippen LogP contribution < -0.4 is 4.00 Å². The number of likely N-dealkylation sites (tertiary alicyclic amines) is 1. The number of aromatic nitrogens is 4. The van der Waals surface area contributed by atoms with Crippen LogP contribution >= 0.6 is 11.8 Å². The predicted molar refractivity (Wildman–Crippen MR) is 103 cm³/mol. The first-order valence-electron chi connectivity index (χ1n) is 9.28. The third-order valence-corrected chi connectivity index (χ3v) is 6.22. The largest absolute Gasteiger partial charge is 0.422 e. The molecule has 8 nitrogen and oxygen atoms in total. The molecule has 0 radical (unpaired) electrons. The molecule has 3 aromatic rings. The van der Waals surface area contributed by atoms with E-state index in [0.29, 0.717) is 42.8 Å². The number of carbonyl (C=O) groups is 1. The van der Waals surface area contributed by atoms with Gasteiger partial charge in [-0.2, -0.15) is 20.0 Å². The van der Waals surface area contributed by atoms with E-state index in [1.54, 1.807) is 24.9 Å². The Morgan fingerprint density at radius 3 is 2.82 bits per heavy atom. The van der Waals surface area contributed by atoms with Crippen molar-refractivity contribution in [3.63, 3.8) is 0 Å². The third kappa shape index (κ3) is 2.71. The van der Waals surface area contributed by atoms with E-state index in [0.717, 1.165) is 12.0 Å². The highest BCUT2D eigenvalue weighted by Gasteiger charge is 2.56. The van der Waals surface area contributed by atoms with Gasteiger partial charge in [0.2, 0.25) is 0 Å². The van der Waals surface area contributed by atoms with Gasteiger partial charge in [0.05, 0.1) is 36.4 Å². The highest BCUT2D eigenvalue weighted by molar-refractivity contribution is 6.21. The van der Waals surface area contributed by atoms with Crippen LogP contribution in [-0.2, 0) is 0 Å². The van der Waals surface area contributed by atoms with Crippen molar-refractivity contribution in [3.8, 4) is 5.69 Å². The first kappa shape index (κ1) is 17.4. The lowest BCUT2D eigenvalue weighted by atomic mass is 9.98. The Labute approximate surface area is 167 Å². The van der Waals surface area contributed by atoms with Gasteiger partial charge in [-0.1, -0.05) is 11.6 Å².